The van der Waals surface area contributed by atoms with Crippen LogP contribution in [0.2, 0.25) is 0 Å². The van der Waals surface area contributed by atoms with Crippen molar-refractivity contribution in [2.75, 3.05) is 11.1 Å². The van der Waals surface area contributed by atoms with Gasteiger partial charge in [-0.1, -0.05) is 0 Å². The van der Waals surface area contributed by atoms with Gasteiger partial charge in [0.15, 0.2) is 0 Å². The number of hydrogen-bond acceptors (Lipinski definition) is 5. The first-order chi connectivity index (χ1) is 6.63. The van der Waals surface area contributed by atoms with E-state index in [1.807, 2.05) is 13.0 Å². The number of nitrogens with one attached hydrogen (secondary N) is 1. The molecule has 5 heteroatoms. The highest BCUT2D eigenvalue weighted by atomic mass is 16.3. The molecule has 0 atom stereocenters. The van der Waals surface area contributed by atoms with Crippen LogP contribution in [0.25, 0.3) is 0 Å². The number of rotatable bonds is 2. The molecule has 0 aliphatic heterocycles. The molecule has 1 aromatic rings. The molecule has 1 aliphatic rings. The molecule has 0 saturated heterocycles. The molecular formula is C9H14N4O. The van der Waals surface area contributed by atoms with Crippen LogP contribution in [0.15, 0.2) is 6.07 Å². The third-order valence-electron chi connectivity index (χ3n) is 2.34. The summed E-state index contributed by atoms with van der Waals surface area (Å²) in [7, 11) is 0. The third kappa shape index (κ3) is 1.93. The van der Waals surface area contributed by atoms with Crippen molar-refractivity contribution in [1.29, 1.82) is 0 Å². The average Bonchev–Trinajstić information content (AvgIpc) is 1.99. The summed E-state index contributed by atoms with van der Waals surface area (Å²) in [6.07, 6.45) is 1.40. The maximum Gasteiger partial charge on any atom is 0.222 e. The van der Waals surface area contributed by atoms with Gasteiger partial charge in [0, 0.05) is 17.8 Å². The Hall–Kier alpha value is -1.36. The molecule has 0 aromatic carbocycles. The van der Waals surface area contributed by atoms with Gasteiger partial charge in [0.05, 0.1) is 6.10 Å². The molecule has 0 amide bonds. The van der Waals surface area contributed by atoms with Crippen LogP contribution in [-0.4, -0.2) is 27.2 Å². The largest absolute Gasteiger partial charge is 0.393 e. The summed E-state index contributed by atoms with van der Waals surface area (Å²) in [4.78, 5) is 8.03. The summed E-state index contributed by atoms with van der Waals surface area (Å²) >= 11 is 0. The Morgan fingerprint density at radius 2 is 2.21 bits per heavy atom. The van der Waals surface area contributed by atoms with E-state index in [-0.39, 0.29) is 12.1 Å². The van der Waals surface area contributed by atoms with Crippen LogP contribution < -0.4 is 11.1 Å². The molecule has 0 unspecified atom stereocenters. The molecule has 0 bridgehead atoms. The molecule has 1 saturated carbocycles. The molecule has 0 spiro atoms. The van der Waals surface area contributed by atoms with Gasteiger partial charge in [-0.15, -0.1) is 0 Å². The van der Waals surface area contributed by atoms with Crippen LogP contribution in [0.3, 0.4) is 0 Å². The molecule has 1 aliphatic carbocycles. The minimum absolute atomic E-state index is 0.159. The molecule has 1 aromatic heterocycles. The molecule has 5 nitrogen and oxygen atoms in total. The monoisotopic (exact) mass is 194 g/mol. The van der Waals surface area contributed by atoms with Crippen molar-refractivity contribution in [2.24, 2.45) is 0 Å². The SMILES string of the molecule is Cc1cc(NC2CC(O)C2)nc(N)n1. The van der Waals surface area contributed by atoms with Gasteiger partial charge in [0.1, 0.15) is 5.82 Å². The van der Waals surface area contributed by atoms with Crippen LogP contribution in [-0.2, 0) is 0 Å². The van der Waals surface area contributed by atoms with Crippen molar-refractivity contribution in [2.45, 2.75) is 31.9 Å². The fraction of sp³-hybridized carbons (Fsp3) is 0.556. The van der Waals surface area contributed by atoms with E-state index in [9.17, 15) is 0 Å². The first-order valence-corrected chi connectivity index (χ1v) is 4.69. The highest BCUT2D eigenvalue weighted by molar-refractivity contribution is 5.41. The second kappa shape index (κ2) is 3.42. The predicted octanol–water partition coefficient (Wildman–Crippen LogP) is 0.302. The van der Waals surface area contributed by atoms with Gasteiger partial charge in [0.25, 0.3) is 0 Å². The zero-order chi connectivity index (χ0) is 10.1. The average molecular weight is 194 g/mol. The van der Waals surface area contributed by atoms with E-state index in [2.05, 4.69) is 15.3 Å². The molecule has 2 rings (SSSR count). The van der Waals surface area contributed by atoms with Gasteiger partial charge in [0.2, 0.25) is 5.95 Å². The van der Waals surface area contributed by atoms with Crippen molar-refractivity contribution in [1.82, 2.24) is 9.97 Å². The quantitative estimate of drug-likeness (QED) is 0.630. The van der Waals surface area contributed by atoms with Gasteiger partial charge in [-0.2, -0.15) is 4.98 Å². The fourth-order valence-electron chi connectivity index (χ4n) is 1.58. The number of nitrogens with zero attached hydrogens (tertiary/aromatic N) is 2. The summed E-state index contributed by atoms with van der Waals surface area (Å²) in [5, 5.41) is 12.3. The Balaban J connectivity index is 2.02. The maximum absolute atomic E-state index is 9.11. The first-order valence-electron chi connectivity index (χ1n) is 4.69. The van der Waals surface area contributed by atoms with Crippen molar-refractivity contribution in [3.8, 4) is 0 Å². The normalized spacial score (nSPS) is 25.6. The number of aryl methyl sites for hydroxylation is 1. The van der Waals surface area contributed by atoms with E-state index in [4.69, 9.17) is 10.8 Å². The van der Waals surface area contributed by atoms with Crippen LogP contribution >= 0.6 is 0 Å². The maximum atomic E-state index is 9.11. The summed E-state index contributed by atoms with van der Waals surface area (Å²) in [6, 6.07) is 2.17. The summed E-state index contributed by atoms with van der Waals surface area (Å²) in [5.41, 5.74) is 6.36. The van der Waals surface area contributed by atoms with E-state index in [0.717, 1.165) is 24.4 Å². The standard InChI is InChI=1S/C9H14N4O/c1-5-2-8(13-9(10)11-5)12-6-3-7(14)4-6/h2,6-7,14H,3-4H2,1H3,(H3,10,11,12,13). The topological polar surface area (TPSA) is 84.1 Å². The Labute approximate surface area is 82.4 Å². The smallest absolute Gasteiger partial charge is 0.222 e. The molecule has 4 N–H and O–H groups in total. The van der Waals surface area contributed by atoms with Crippen molar-refractivity contribution in [3.63, 3.8) is 0 Å². The fourth-order valence-corrected chi connectivity index (χ4v) is 1.58. The predicted molar refractivity (Wildman–Crippen MR) is 53.8 cm³/mol. The molecule has 1 fully saturated rings. The number of nitrogen functional groups attached to an aromatic ring is 1. The first kappa shape index (κ1) is 9.21. The number of aromatic nitrogens is 2. The molecule has 76 valence electrons. The van der Waals surface area contributed by atoms with Crippen LogP contribution in [0.5, 0.6) is 0 Å². The van der Waals surface area contributed by atoms with Crippen molar-refractivity contribution >= 4 is 11.8 Å². The minimum Gasteiger partial charge on any atom is -0.393 e. The lowest BCUT2D eigenvalue weighted by molar-refractivity contribution is 0.0835. The van der Waals surface area contributed by atoms with E-state index >= 15 is 0 Å². The van der Waals surface area contributed by atoms with E-state index in [1.165, 1.54) is 0 Å². The number of hydrogen-bond donors (Lipinski definition) is 3. The second-order valence-electron chi connectivity index (χ2n) is 3.72. The van der Waals surface area contributed by atoms with Gasteiger partial charge in [-0.05, 0) is 19.8 Å². The Morgan fingerprint density at radius 3 is 2.79 bits per heavy atom. The lowest BCUT2D eigenvalue weighted by Gasteiger charge is -2.32. The Bertz CT molecular complexity index is 315. The summed E-state index contributed by atoms with van der Waals surface area (Å²) in [5.74, 6) is 1.03. The molecular weight excluding hydrogens is 180 g/mol. The lowest BCUT2D eigenvalue weighted by Crippen LogP contribution is -2.39. The van der Waals surface area contributed by atoms with Gasteiger partial charge in [-0.25, -0.2) is 4.98 Å². The van der Waals surface area contributed by atoms with Gasteiger partial charge < -0.3 is 16.2 Å². The van der Waals surface area contributed by atoms with Gasteiger partial charge in [-0.3, -0.25) is 0 Å². The zero-order valence-corrected chi connectivity index (χ0v) is 8.07. The Morgan fingerprint density at radius 1 is 1.50 bits per heavy atom. The molecule has 0 radical (unpaired) electrons. The van der Waals surface area contributed by atoms with Crippen LogP contribution in [0.1, 0.15) is 18.5 Å². The van der Waals surface area contributed by atoms with E-state index in [0.29, 0.717) is 6.04 Å². The highest BCUT2D eigenvalue weighted by Crippen LogP contribution is 2.23. The Kier molecular flexibility index (Phi) is 2.25. The lowest BCUT2D eigenvalue weighted by atomic mass is 9.89. The number of aliphatic hydroxyl groups is 1. The second-order valence-corrected chi connectivity index (χ2v) is 3.72. The number of aliphatic hydroxyl groups excluding tert-OH is 1. The van der Waals surface area contributed by atoms with Gasteiger partial charge >= 0.3 is 0 Å². The summed E-state index contributed by atoms with van der Waals surface area (Å²) in [6.45, 7) is 1.87. The van der Waals surface area contributed by atoms with Crippen LogP contribution in [0, 0.1) is 6.92 Å². The van der Waals surface area contributed by atoms with E-state index < -0.39 is 0 Å². The molecule has 1 heterocycles. The van der Waals surface area contributed by atoms with Crippen molar-refractivity contribution < 1.29 is 5.11 Å². The highest BCUT2D eigenvalue weighted by Gasteiger charge is 2.27. The third-order valence-corrected chi connectivity index (χ3v) is 2.34. The summed E-state index contributed by atoms with van der Waals surface area (Å²) < 4.78 is 0. The van der Waals surface area contributed by atoms with Crippen LogP contribution in [0.4, 0.5) is 11.8 Å². The van der Waals surface area contributed by atoms with E-state index in [1.54, 1.807) is 0 Å². The number of anilines is 2. The number of nitrogens with two attached hydrogens (primary N) is 1. The zero-order valence-electron chi connectivity index (χ0n) is 8.07. The minimum atomic E-state index is -0.159. The van der Waals surface area contributed by atoms with Crippen molar-refractivity contribution in [3.05, 3.63) is 11.8 Å². The molecule has 14 heavy (non-hydrogen) atoms.